The number of hydrogen-bond acceptors (Lipinski definition) is 4. The van der Waals surface area contributed by atoms with E-state index in [2.05, 4.69) is 5.32 Å². The Kier molecular flexibility index (Phi) is 8.75. The minimum atomic E-state index is -1.15. The van der Waals surface area contributed by atoms with E-state index in [1.807, 2.05) is 24.3 Å². The summed E-state index contributed by atoms with van der Waals surface area (Å²) >= 11 is 12.8. The van der Waals surface area contributed by atoms with Gasteiger partial charge in [-0.15, -0.1) is 0 Å². The summed E-state index contributed by atoms with van der Waals surface area (Å²) in [6.45, 7) is 0.752. The fourth-order valence-electron chi connectivity index (χ4n) is 4.87. The second-order valence-electron chi connectivity index (χ2n) is 9.46. The molecule has 0 aromatic heterocycles. The van der Waals surface area contributed by atoms with E-state index in [-0.39, 0.29) is 31.1 Å². The number of carboxylic acid groups (broad SMARTS) is 1. The minimum Gasteiger partial charge on any atom is -0.480 e. The normalized spacial score (nSPS) is 19.1. The summed E-state index contributed by atoms with van der Waals surface area (Å²) in [5.74, 6) is -2.03. The van der Waals surface area contributed by atoms with Crippen LogP contribution in [0.2, 0.25) is 10.0 Å². The van der Waals surface area contributed by atoms with Crippen LogP contribution >= 0.6 is 23.2 Å². The summed E-state index contributed by atoms with van der Waals surface area (Å²) in [6, 6.07) is 11.6. The third-order valence-corrected chi connectivity index (χ3v) is 7.58. The van der Waals surface area contributed by atoms with Crippen molar-refractivity contribution in [3.8, 4) is 11.1 Å². The number of nitrogens with one attached hydrogen (secondary N) is 1. The van der Waals surface area contributed by atoms with Crippen LogP contribution in [0, 0.1) is 5.92 Å². The zero-order chi connectivity index (χ0) is 25.7. The van der Waals surface area contributed by atoms with Gasteiger partial charge in [0.05, 0.1) is 5.92 Å². The summed E-state index contributed by atoms with van der Waals surface area (Å²) in [5, 5.41) is 13.4. The van der Waals surface area contributed by atoms with Crippen molar-refractivity contribution in [3.63, 3.8) is 0 Å². The molecule has 2 aromatic rings. The highest BCUT2D eigenvalue weighted by molar-refractivity contribution is 6.34. The van der Waals surface area contributed by atoms with Crippen molar-refractivity contribution < 1.29 is 24.2 Å². The summed E-state index contributed by atoms with van der Waals surface area (Å²) in [4.78, 5) is 39.0. The van der Waals surface area contributed by atoms with Gasteiger partial charge in [0, 0.05) is 35.1 Å². The van der Waals surface area contributed by atoms with Gasteiger partial charge in [0.2, 0.25) is 5.91 Å². The molecule has 1 aliphatic carbocycles. The maximum Gasteiger partial charge on any atom is 0.410 e. The highest BCUT2D eigenvalue weighted by Gasteiger charge is 2.33. The molecule has 2 N–H and O–H groups in total. The second kappa shape index (κ2) is 12.0. The molecule has 7 nitrogen and oxygen atoms in total. The van der Waals surface area contributed by atoms with Crippen molar-refractivity contribution in [2.45, 2.75) is 57.1 Å². The largest absolute Gasteiger partial charge is 0.480 e. The number of aliphatic carboxylic acids is 1. The van der Waals surface area contributed by atoms with E-state index < -0.39 is 17.9 Å². The molecular formula is C27H30Cl2N2O5. The second-order valence-corrected chi connectivity index (χ2v) is 10.3. The van der Waals surface area contributed by atoms with Gasteiger partial charge in [0.25, 0.3) is 0 Å². The zero-order valence-electron chi connectivity index (χ0n) is 19.9. The maximum atomic E-state index is 13.0. The van der Waals surface area contributed by atoms with E-state index in [9.17, 15) is 19.5 Å². The molecule has 0 radical (unpaired) electrons. The van der Waals surface area contributed by atoms with Gasteiger partial charge in [-0.25, -0.2) is 9.59 Å². The van der Waals surface area contributed by atoms with E-state index in [0.717, 1.165) is 36.8 Å². The summed E-state index contributed by atoms with van der Waals surface area (Å²) < 4.78 is 5.58. The molecule has 4 rings (SSSR count). The van der Waals surface area contributed by atoms with Crippen LogP contribution in [0.15, 0.2) is 42.5 Å². The predicted octanol–water partition coefficient (Wildman–Crippen LogP) is 5.56. The lowest BCUT2D eigenvalue weighted by Crippen LogP contribution is -2.50. The summed E-state index contributed by atoms with van der Waals surface area (Å²) in [6.07, 6.45) is 4.72. The van der Waals surface area contributed by atoms with Gasteiger partial charge in [0.1, 0.15) is 12.1 Å². The summed E-state index contributed by atoms with van der Waals surface area (Å²) in [7, 11) is 0. The highest BCUT2D eigenvalue weighted by Crippen LogP contribution is 2.31. The van der Waals surface area contributed by atoms with Crippen LogP contribution in [-0.4, -0.2) is 53.2 Å². The molecule has 2 aromatic carbocycles. The smallest absolute Gasteiger partial charge is 0.410 e. The Morgan fingerprint density at radius 1 is 1.03 bits per heavy atom. The van der Waals surface area contributed by atoms with Gasteiger partial charge in [0.15, 0.2) is 0 Å². The molecule has 2 fully saturated rings. The topological polar surface area (TPSA) is 95.9 Å². The average Bonchev–Trinajstić information content (AvgIpc) is 3.38. The Hall–Kier alpha value is -2.77. The molecule has 36 heavy (non-hydrogen) atoms. The number of likely N-dealkylation sites (tertiary alicyclic amines) is 1. The number of benzene rings is 2. The quantitative estimate of drug-likeness (QED) is 0.486. The molecule has 192 valence electrons. The predicted molar refractivity (Wildman–Crippen MR) is 138 cm³/mol. The maximum absolute atomic E-state index is 13.0. The number of ether oxygens (including phenoxy) is 1. The van der Waals surface area contributed by atoms with Gasteiger partial charge >= 0.3 is 12.1 Å². The lowest BCUT2D eigenvalue weighted by molar-refractivity contribution is -0.142. The molecule has 1 unspecified atom stereocenters. The lowest BCUT2D eigenvalue weighted by atomic mass is 9.96. The Morgan fingerprint density at radius 3 is 2.47 bits per heavy atom. The zero-order valence-corrected chi connectivity index (χ0v) is 21.4. The molecule has 1 saturated heterocycles. The Labute approximate surface area is 220 Å². The molecule has 1 aliphatic heterocycles. The molecule has 0 spiro atoms. The fraction of sp³-hybridized carbons (Fsp3) is 0.444. The van der Waals surface area contributed by atoms with Crippen molar-refractivity contribution >= 4 is 41.2 Å². The Balaban J connectivity index is 1.38. The number of carbonyl (C=O) groups is 3. The van der Waals surface area contributed by atoms with Crippen molar-refractivity contribution in [2.75, 3.05) is 13.1 Å². The molecule has 1 heterocycles. The van der Waals surface area contributed by atoms with Gasteiger partial charge in [-0.1, -0.05) is 53.5 Å². The average molecular weight is 533 g/mol. The fourth-order valence-corrected chi connectivity index (χ4v) is 5.37. The third kappa shape index (κ3) is 6.51. The third-order valence-electron chi connectivity index (χ3n) is 6.90. The number of halogens is 2. The molecular weight excluding hydrogens is 503 g/mol. The van der Waals surface area contributed by atoms with Gasteiger partial charge in [-0.2, -0.15) is 0 Å². The highest BCUT2D eigenvalue weighted by atomic mass is 35.5. The summed E-state index contributed by atoms with van der Waals surface area (Å²) in [5.41, 5.74) is 2.24. The first-order valence-electron chi connectivity index (χ1n) is 12.3. The number of nitrogens with zero attached hydrogens (tertiary/aromatic N) is 1. The SMILES string of the molecule is O=C(N[C@@H](Cc1ccc(-c2ccccc2Cl)cc1Cl)C(=O)O)C1CCCN(C(=O)OC2CCCC2)C1. The van der Waals surface area contributed by atoms with E-state index >= 15 is 0 Å². The molecule has 2 atom stereocenters. The molecule has 2 amide bonds. The molecule has 0 bridgehead atoms. The Bertz CT molecular complexity index is 1120. The number of hydrogen-bond donors (Lipinski definition) is 2. The van der Waals surface area contributed by atoms with Crippen molar-refractivity contribution in [1.29, 1.82) is 0 Å². The van der Waals surface area contributed by atoms with E-state index in [1.165, 1.54) is 0 Å². The van der Waals surface area contributed by atoms with Crippen molar-refractivity contribution in [3.05, 3.63) is 58.1 Å². The molecule has 1 saturated carbocycles. The molecule has 2 aliphatic rings. The van der Waals surface area contributed by atoms with Gasteiger partial charge < -0.3 is 20.1 Å². The van der Waals surface area contributed by atoms with E-state index in [0.29, 0.717) is 35.0 Å². The first-order chi connectivity index (χ1) is 17.3. The van der Waals surface area contributed by atoms with Crippen LogP contribution in [-0.2, 0) is 20.7 Å². The lowest BCUT2D eigenvalue weighted by Gasteiger charge is -2.32. The van der Waals surface area contributed by atoms with Crippen LogP contribution < -0.4 is 5.32 Å². The molecule has 9 heteroatoms. The van der Waals surface area contributed by atoms with Crippen LogP contribution in [0.5, 0.6) is 0 Å². The van der Waals surface area contributed by atoms with Crippen molar-refractivity contribution in [1.82, 2.24) is 10.2 Å². The Morgan fingerprint density at radius 2 is 1.78 bits per heavy atom. The van der Waals surface area contributed by atoms with Crippen LogP contribution in [0.3, 0.4) is 0 Å². The van der Waals surface area contributed by atoms with Crippen LogP contribution in [0.4, 0.5) is 4.79 Å². The number of amides is 2. The first kappa shape index (κ1) is 26.3. The van der Waals surface area contributed by atoms with E-state index in [4.69, 9.17) is 27.9 Å². The standard InChI is InChI=1S/C27H30Cl2N2O5/c28-22-10-4-3-9-21(22)17-11-12-18(23(29)14-17)15-24(26(33)34)30-25(32)19-6-5-13-31(16-19)27(35)36-20-7-1-2-8-20/h3-4,9-12,14,19-20,24H,1-2,5-8,13,15-16H2,(H,30,32)(H,33,34)/t19?,24-/m0/s1. The number of rotatable bonds is 7. The minimum absolute atomic E-state index is 0.0306. The first-order valence-corrected chi connectivity index (χ1v) is 13.1. The number of carboxylic acids is 1. The van der Waals surface area contributed by atoms with Crippen LogP contribution in [0.1, 0.15) is 44.1 Å². The van der Waals surface area contributed by atoms with E-state index in [1.54, 1.807) is 23.1 Å². The monoisotopic (exact) mass is 532 g/mol. The van der Waals surface area contributed by atoms with Gasteiger partial charge in [-0.05, 0) is 61.8 Å². The van der Waals surface area contributed by atoms with Crippen LogP contribution in [0.25, 0.3) is 11.1 Å². The number of carbonyl (C=O) groups excluding carboxylic acids is 2. The number of piperidine rings is 1. The van der Waals surface area contributed by atoms with Crippen molar-refractivity contribution in [2.24, 2.45) is 5.92 Å². The van der Waals surface area contributed by atoms with Gasteiger partial charge in [-0.3, -0.25) is 4.79 Å².